The largest absolute Gasteiger partial charge is 0.493 e. The van der Waals surface area contributed by atoms with Crippen LogP contribution < -0.4 is 9.47 Å². The first-order chi connectivity index (χ1) is 12.0. The molecule has 0 radical (unpaired) electrons. The number of alkyl halides is 2. The smallest absolute Gasteiger partial charge is 0.387 e. The van der Waals surface area contributed by atoms with Crippen molar-refractivity contribution in [3.63, 3.8) is 0 Å². The van der Waals surface area contributed by atoms with Crippen LogP contribution in [0.3, 0.4) is 0 Å². The Bertz CT molecular complexity index is 625. The van der Waals surface area contributed by atoms with Crippen LogP contribution in [0.15, 0.2) is 18.2 Å². The Balaban J connectivity index is 1.82. The summed E-state index contributed by atoms with van der Waals surface area (Å²) < 4.78 is 34.8. The van der Waals surface area contributed by atoms with Crippen LogP contribution >= 0.6 is 0 Å². The minimum atomic E-state index is -2.94. The Morgan fingerprint density at radius 2 is 2.08 bits per heavy atom. The standard InChI is InChI=1S/C18H23F2NO4/c1-24-15-7-6-11(8-16(15)25-18(19)20)10-21-13-5-3-2-4-12(13)9-14(21)17(22)23/h6-8,12-14,18H,2-5,9-10H2,1H3,(H,22,23). The molecule has 1 aliphatic heterocycles. The number of hydrogen-bond donors (Lipinski definition) is 1. The van der Waals surface area contributed by atoms with Crippen molar-refractivity contribution < 1.29 is 28.2 Å². The number of carboxylic acids is 1. The first-order valence-electron chi connectivity index (χ1n) is 8.60. The molecule has 0 bridgehead atoms. The lowest BCUT2D eigenvalue weighted by molar-refractivity contribution is -0.142. The molecule has 3 unspecified atom stereocenters. The first kappa shape index (κ1) is 17.9. The highest BCUT2D eigenvalue weighted by molar-refractivity contribution is 5.74. The molecule has 2 fully saturated rings. The monoisotopic (exact) mass is 355 g/mol. The summed E-state index contributed by atoms with van der Waals surface area (Å²) in [5, 5.41) is 9.58. The van der Waals surface area contributed by atoms with Gasteiger partial charge in [0, 0.05) is 12.6 Å². The van der Waals surface area contributed by atoms with Gasteiger partial charge >= 0.3 is 12.6 Å². The molecule has 1 aliphatic carbocycles. The first-order valence-corrected chi connectivity index (χ1v) is 8.60. The van der Waals surface area contributed by atoms with Crippen LogP contribution in [0.5, 0.6) is 11.5 Å². The van der Waals surface area contributed by atoms with Gasteiger partial charge < -0.3 is 14.6 Å². The molecule has 0 spiro atoms. The van der Waals surface area contributed by atoms with Crippen molar-refractivity contribution in [1.82, 2.24) is 4.90 Å². The Morgan fingerprint density at radius 3 is 2.76 bits per heavy atom. The second-order valence-electron chi connectivity index (χ2n) is 6.74. The van der Waals surface area contributed by atoms with E-state index in [2.05, 4.69) is 4.74 Å². The zero-order valence-corrected chi connectivity index (χ0v) is 14.2. The van der Waals surface area contributed by atoms with E-state index in [9.17, 15) is 18.7 Å². The van der Waals surface area contributed by atoms with Gasteiger partial charge in [-0.2, -0.15) is 8.78 Å². The summed E-state index contributed by atoms with van der Waals surface area (Å²) in [6.45, 7) is -2.53. The molecule has 5 nitrogen and oxygen atoms in total. The van der Waals surface area contributed by atoms with Crippen LogP contribution in [0, 0.1) is 5.92 Å². The predicted molar refractivity (Wildman–Crippen MR) is 87.0 cm³/mol. The van der Waals surface area contributed by atoms with E-state index in [0.717, 1.165) is 31.2 Å². The Labute approximate surface area is 145 Å². The third kappa shape index (κ3) is 3.86. The summed E-state index contributed by atoms with van der Waals surface area (Å²) in [5.74, 6) is -0.200. The molecule has 0 aromatic heterocycles. The molecule has 2 aliphatic rings. The maximum atomic E-state index is 12.6. The van der Waals surface area contributed by atoms with Crippen LogP contribution in [-0.4, -0.2) is 41.8 Å². The van der Waals surface area contributed by atoms with Gasteiger partial charge in [-0.25, -0.2) is 0 Å². The van der Waals surface area contributed by atoms with Gasteiger partial charge in [0.25, 0.3) is 0 Å². The highest BCUT2D eigenvalue weighted by Gasteiger charge is 2.45. The van der Waals surface area contributed by atoms with Crippen molar-refractivity contribution in [3.05, 3.63) is 23.8 Å². The van der Waals surface area contributed by atoms with Crippen molar-refractivity contribution in [2.45, 2.75) is 57.3 Å². The van der Waals surface area contributed by atoms with E-state index in [1.54, 1.807) is 12.1 Å². The number of halogens is 2. The number of rotatable bonds is 6. The molecule has 1 aromatic carbocycles. The molecule has 1 aromatic rings. The fourth-order valence-corrected chi connectivity index (χ4v) is 4.24. The fourth-order valence-electron chi connectivity index (χ4n) is 4.24. The normalized spacial score (nSPS) is 26.5. The molecule has 3 rings (SSSR count). The van der Waals surface area contributed by atoms with Crippen LogP contribution in [-0.2, 0) is 11.3 Å². The van der Waals surface area contributed by atoms with Gasteiger partial charge in [-0.05, 0) is 42.9 Å². The number of carbonyl (C=O) groups is 1. The lowest BCUT2D eigenvalue weighted by atomic mass is 9.84. The molecule has 1 saturated carbocycles. The number of methoxy groups -OCH3 is 1. The topological polar surface area (TPSA) is 59.0 Å². The highest BCUT2D eigenvalue weighted by atomic mass is 19.3. The van der Waals surface area contributed by atoms with Gasteiger partial charge in [0.1, 0.15) is 6.04 Å². The predicted octanol–water partition coefficient (Wildman–Crippen LogP) is 3.51. The van der Waals surface area contributed by atoms with Crippen molar-refractivity contribution in [3.8, 4) is 11.5 Å². The molecular weight excluding hydrogens is 332 g/mol. The summed E-state index contributed by atoms with van der Waals surface area (Å²) in [6.07, 6.45) is 4.97. The molecule has 7 heteroatoms. The molecule has 138 valence electrons. The molecule has 0 amide bonds. The van der Waals surface area contributed by atoms with E-state index in [1.807, 2.05) is 4.90 Å². The van der Waals surface area contributed by atoms with Crippen molar-refractivity contribution in [2.24, 2.45) is 5.92 Å². The number of benzene rings is 1. The minimum absolute atomic E-state index is 0.0266. The van der Waals surface area contributed by atoms with E-state index in [-0.39, 0.29) is 17.5 Å². The van der Waals surface area contributed by atoms with Crippen molar-refractivity contribution in [2.75, 3.05) is 7.11 Å². The van der Waals surface area contributed by atoms with E-state index < -0.39 is 18.6 Å². The number of likely N-dealkylation sites (tertiary alicyclic amines) is 1. The lowest BCUT2D eigenvalue weighted by Crippen LogP contribution is -2.41. The van der Waals surface area contributed by atoms with E-state index in [1.165, 1.54) is 13.2 Å². The van der Waals surface area contributed by atoms with Crippen LogP contribution in [0.25, 0.3) is 0 Å². The molecule has 1 heterocycles. The van der Waals surface area contributed by atoms with Crippen LogP contribution in [0.4, 0.5) is 8.78 Å². The number of ether oxygens (including phenoxy) is 2. The second kappa shape index (κ2) is 7.56. The summed E-state index contributed by atoms with van der Waals surface area (Å²) in [5.41, 5.74) is 0.744. The molecule has 1 N–H and O–H groups in total. The summed E-state index contributed by atoms with van der Waals surface area (Å²) in [6, 6.07) is 4.59. The Morgan fingerprint density at radius 1 is 1.32 bits per heavy atom. The van der Waals surface area contributed by atoms with Gasteiger partial charge in [-0.15, -0.1) is 0 Å². The van der Waals surface area contributed by atoms with E-state index in [4.69, 9.17) is 4.74 Å². The fraction of sp³-hybridized carbons (Fsp3) is 0.611. The zero-order valence-electron chi connectivity index (χ0n) is 14.2. The number of hydrogen-bond acceptors (Lipinski definition) is 4. The third-order valence-corrected chi connectivity index (χ3v) is 5.32. The number of nitrogens with zero attached hydrogens (tertiary/aromatic N) is 1. The van der Waals surface area contributed by atoms with Crippen molar-refractivity contribution >= 4 is 5.97 Å². The van der Waals surface area contributed by atoms with Gasteiger partial charge in [-0.1, -0.05) is 18.9 Å². The zero-order chi connectivity index (χ0) is 18.0. The Kier molecular flexibility index (Phi) is 5.42. The van der Waals surface area contributed by atoms with Gasteiger partial charge in [-0.3, -0.25) is 9.69 Å². The third-order valence-electron chi connectivity index (χ3n) is 5.32. The van der Waals surface area contributed by atoms with Gasteiger partial charge in [0.15, 0.2) is 11.5 Å². The molecule has 3 atom stereocenters. The van der Waals surface area contributed by atoms with E-state index in [0.29, 0.717) is 18.9 Å². The molecule has 1 saturated heterocycles. The second-order valence-corrected chi connectivity index (χ2v) is 6.74. The SMILES string of the molecule is COc1ccc(CN2C(C(=O)O)CC3CCCCC32)cc1OC(F)F. The summed E-state index contributed by atoms with van der Waals surface area (Å²) in [7, 11) is 1.39. The average molecular weight is 355 g/mol. The molecule has 25 heavy (non-hydrogen) atoms. The van der Waals surface area contributed by atoms with Gasteiger partial charge in [0.05, 0.1) is 7.11 Å². The number of carboxylic acid groups (broad SMARTS) is 1. The number of aliphatic carboxylic acids is 1. The minimum Gasteiger partial charge on any atom is -0.493 e. The highest BCUT2D eigenvalue weighted by Crippen LogP contribution is 2.41. The maximum Gasteiger partial charge on any atom is 0.387 e. The maximum absolute atomic E-state index is 12.6. The van der Waals surface area contributed by atoms with Gasteiger partial charge in [0.2, 0.25) is 0 Å². The van der Waals surface area contributed by atoms with E-state index >= 15 is 0 Å². The quantitative estimate of drug-likeness (QED) is 0.846. The lowest BCUT2D eigenvalue weighted by Gasteiger charge is -2.33. The molecular formula is C18H23F2NO4. The van der Waals surface area contributed by atoms with Crippen LogP contribution in [0.2, 0.25) is 0 Å². The average Bonchev–Trinajstić information content (AvgIpc) is 2.94. The van der Waals surface area contributed by atoms with Crippen LogP contribution in [0.1, 0.15) is 37.7 Å². The summed E-state index contributed by atoms with van der Waals surface area (Å²) >= 11 is 0. The van der Waals surface area contributed by atoms with Crippen molar-refractivity contribution in [1.29, 1.82) is 0 Å². The summed E-state index contributed by atoms with van der Waals surface area (Å²) in [4.78, 5) is 13.7. The Hall–Kier alpha value is -1.89. The number of fused-ring (bicyclic) bond motifs is 1.